The summed E-state index contributed by atoms with van der Waals surface area (Å²) in [6.45, 7) is 13.2. The molecular weight excluding hydrogens is 474 g/mol. The topological polar surface area (TPSA) is 86.8 Å². The average molecular weight is 516 g/mol. The molecule has 1 N–H and O–H groups in total. The number of carbonyl (C=O) groups is 2. The number of amides is 2. The van der Waals surface area contributed by atoms with Crippen molar-refractivity contribution in [1.82, 2.24) is 10.2 Å². The molecule has 36 heavy (non-hydrogen) atoms. The van der Waals surface area contributed by atoms with E-state index in [0.717, 1.165) is 27.3 Å². The fourth-order valence-electron chi connectivity index (χ4n) is 4.14. The summed E-state index contributed by atoms with van der Waals surface area (Å²) in [6.07, 6.45) is 1.49. The highest BCUT2D eigenvalue weighted by Gasteiger charge is 2.33. The van der Waals surface area contributed by atoms with E-state index >= 15 is 0 Å². The number of para-hydroxylation sites is 1. The lowest BCUT2D eigenvalue weighted by molar-refractivity contribution is -0.141. The van der Waals surface area contributed by atoms with E-state index in [1.807, 2.05) is 84.9 Å². The number of hydrogen-bond donors (Lipinski definition) is 1. The van der Waals surface area contributed by atoms with Gasteiger partial charge in [0.1, 0.15) is 12.6 Å². The van der Waals surface area contributed by atoms with E-state index < -0.39 is 34.1 Å². The molecule has 2 rings (SSSR count). The van der Waals surface area contributed by atoms with Crippen LogP contribution < -0.4 is 9.62 Å². The minimum absolute atomic E-state index is 0.0598. The van der Waals surface area contributed by atoms with Gasteiger partial charge in [0.25, 0.3) is 0 Å². The minimum Gasteiger partial charge on any atom is -0.350 e. The molecule has 0 aromatic heterocycles. The van der Waals surface area contributed by atoms with Gasteiger partial charge in [-0.1, -0.05) is 63.2 Å². The zero-order chi connectivity index (χ0) is 27.3. The number of nitrogens with one attached hydrogen (secondary N) is 1. The van der Waals surface area contributed by atoms with Crippen LogP contribution >= 0.6 is 0 Å². The normalized spacial score (nSPS) is 12.8. The number of sulfonamides is 1. The van der Waals surface area contributed by atoms with Crippen molar-refractivity contribution < 1.29 is 18.0 Å². The third kappa shape index (κ3) is 7.82. The lowest BCUT2D eigenvalue weighted by Gasteiger charge is -2.35. The molecular formula is C28H41N3O4S. The molecule has 0 aliphatic rings. The molecule has 1 atom stereocenters. The molecule has 0 spiro atoms. The van der Waals surface area contributed by atoms with Crippen molar-refractivity contribution in [3.8, 4) is 0 Å². The van der Waals surface area contributed by atoms with E-state index in [2.05, 4.69) is 5.32 Å². The lowest BCUT2D eigenvalue weighted by atomic mass is 10.0. The molecule has 0 aliphatic carbocycles. The fraction of sp³-hybridized carbons (Fsp3) is 0.500. The SMILES string of the molecule is CC[C@@H](C(=O)NC(C)(C)C)N(Cc1ccccc1C)C(=O)CN(c1ccccc1C(C)C)S(C)(=O)=O. The summed E-state index contributed by atoms with van der Waals surface area (Å²) in [7, 11) is -3.78. The molecule has 7 nitrogen and oxygen atoms in total. The summed E-state index contributed by atoms with van der Waals surface area (Å²) >= 11 is 0. The average Bonchev–Trinajstić information content (AvgIpc) is 2.76. The van der Waals surface area contributed by atoms with Crippen LogP contribution in [-0.4, -0.2) is 49.5 Å². The smallest absolute Gasteiger partial charge is 0.244 e. The minimum atomic E-state index is -3.78. The molecule has 0 saturated heterocycles. The second kappa shape index (κ2) is 11.9. The fourth-order valence-corrected chi connectivity index (χ4v) is 5.01. The first-order valence-electron chi connectivity index (χ1n) is 12.4. The summed E-state index contributed by atoms with van der Waals surface area (Å²) < 4.78 is 27.0. The number of benzene rings is 2. The van der Waals surface area contributed by atoms with Crippen molar-refractivity contribution in [2.75, 3.05) is 17.1 Å². The van der Waals surface area contributed by atoms with Gasteiger partial charge in [-0.05, 0) is 62.8 Å². The predicted octanol–water partition coefficient (Wildman–Crippen LogP) is 4.61. The Balaban J connectivity index is 2.54. The first-order valence-corrected chi connectivity index (χ1v) is 14.2. The van der Waals surface area contributed by atoms with Crippen LogP contribution in [0.4, 0.5) is 5.69 Å². The van der Waals surface area contributed by atoms with Crippen LogP contribution in [0.2, 0.25) is 0 Å². The molecule has 0 bridgehead atoms. The summed E-state index contributed by atoms with van der Waals surface area (Å²) in [5, 5.41) is 2.98. The highest BCUT2D eigenvalue weighted by Crippen LogP contribution is 2.29. The van der Waals surface area contributed by atoms with Crippen molar-refractivity contribution in [2.24, 2.45) is 0 Å². The molecule has 2 aromatic carbocycles. The van der Waals surface area contributed by atoms with Gasteiger partial charge < -0.3 is 10.2 Å². The molecule has 0 fully saturated rings. The third-order valence-electron chi connectivity index (χ3n) is 5.99. The van der Waals surface area contributed by atoms with E-state index in [4.69, 9.17) is 0 Å². The number of anilines is 1. The highest BCUT2D eigenvalue weighted by atomic mass is 32.2. The van der Waals surface area contributed by atoms with E-state index in [-0.39, 0.29) is 18.4 Å². The van der Waals surface area contributed by atoms with Crippen LogP contribution in [0.5, 0.6) is 0 Å². The predicted molar refractivity (Wildman–Crippen MR) is 146 cm³/mol. The van der Waals surface area contributed by atoms with Crippen LogP contribution in [0, 0.1) is 6.92 Å². The van der Waals surface area contributed by atoms with Gasteiger partial charge in [-0.15, -0.1) is 0 Å². The van der Waals surface area contributed by atoms with Crippen LogP contribution in [0.3, 0.4) is 0 Å². The van der Waals surface area contributed by atoms with Gasteiger partial charge in [-0.2, -0.15) is 0 Å². The number of hydrogen-bond acceptors (Lipinski definition) is 4. The van der Waals surface area contributed by atoms with E-state index in [0.29, 0.717) is 12.1 Å². The summed E-state index contributed by atoms with van der Waals surface area (Å²) in [6, 6.07) is 14.2. The largest absolute Gasteiger partial charge is 0.350 e. The van der Waals surface area contributed by atoms with Crippen LogP contribution in [0.25, 0.3) is 0 Å². The summed E-state index contributed by atoms with van der Waals surface area (Å²) in [5.41, 5.74) is 2.73. The number of aryl methyl sites for hydroxylation is 1. The van der Waals surface area contributed by atoms with Crippen molar-refractivity contribution in [1.29, 1.82) is 0 Å². The Hall–Kier alpha value is -2.87. The van der Waals surface area contributed by atoms with Crippen molar-refractivity contribution in [3.05, 3.63) is 65.2 Å². The van der Waals surface area contributed by atoms with Gasteiger partial charge in [0.05, 0.1) is 11.9 Å². The monoisotopic (exact) mass is 515 g/mol. The summed E-state index contributed by atoms with van der Waals surface area (Å²) in [5.74, 6) is -0.636. The molecule has 8 heteroatoms. The molecule has 0 unspecified atom stereocenters. The van der Waals surface area contributed by atoms with Gasteiger partial charge in [-0.25, -0.2) is 8.42 Å². The molecule has 0 saturated carbocycles. The maximum absolute atomic E-state index is 13.9. The number of nitrogens with zero attached hydrogens (tertiary/aromatic N) is 2. The molecule has 198 valence electrons. The molecule has 0 aliphatic heterocycles. The van der Waals surface area contributed by atoms with Gasteiger partial charge >= 0.3 is 0 Å². The number of rotatable bonds is 10. The lowest BCUT2D eigenvalue weighted by Crippen LogP contribution is -2.55. The van der Waals surface area contributed by atoms with Crippen molar-refractivity contribution >= 4 is 27.5 Å². The maximum Gasteiger partial charge on any atom is 0.244 e. The van der Waals surface area contributed by atoms with E-state index in [9.17, 15) is 18.0 Å². The zero-order valence-corrected chi connectivity index (χ0v) is 23.6. The Morgan fingerprint density at radius 3 is 2.11 bits per heavy atom. The first-order chi connectivity index (χ1) is 16.7. The van der Waals surface area contributed by atoms with Crippen LogP contribution in [-0.2, 0) is 26.2 Å². The van der Waals surface area contributed by atoms with Gasteiger partial charge in [0.2, 0.25) is 21.8 Å². The Morgan fingerprint density at radius 1 is 1.00 bits per heavy atom. The van der Waals surface area contributed by atoms with Gasteiger partial charge in [0, 0.05) is 12.1 Å². The van der Waals surface area contributed by atoms with Crippen molar-refractivity contribution in [3.63, 3.8) is 0 Å². The Morgan fingerprint density at radius 2 is 1.58 bits per heavy atom. The first kappa shape index (κ1) is 29.4. The Labute approximate surface area is 216 Å². The second-order valence-corrected chi connectivity index (χ2v) is 12.5. The van der Waals surface area contributed by atoms with E-state index in [1.54, 1.807) is 12.1 Å². The quantitative estimate of drug-likeness (QED) is 0.501. The Bertz CT molecular complexity index is 1170. The van der Waals surface area contributed by atoms with E-state index in [1.165, 1.54) is 4.90 Å². The van der Waals surface area contributed by atoms with Crippen LogP contribution in [0.15, 0.2) is 48.5 Å². The molecule has 2 amide bonds. The highest BCUT2D eigenvalue weighted by molar-refractivity contribution is 7.92. The van der Waals surface area contributed by atoms with Crippen molar-refractivity contribution in [2.45, 2.75) is 78.9 Å². The molecule has 0 radical (unpaired) electrons. The summed E-state index contributed by atoms with van der Waals surface area (Å²) in [4.78, 5) is 28.7. The third-order valence-corrected chi connectivity index (χ3v) is 7.12. The zero-order valence-electron chi connectivity index (χ0n) is 22.8. The maximum atomic E-state index is 13.9. The molecule has 2 aromatic rings. The van der Waals surface area contributed by atoms with Gasteiger partial charge in [0.15, 0.2) is 0 Å². The Kier molecular flexibility index (Phi) is 9.71. The standard InChI is InChI=1S/C28H41N3O4S/c1-9-24(27(33)29-28(5,6)7)30(18-22-15-11-10-14-21(22)4)26(32)19-31(36(8,34)35)25-17-13-12-16-23(25)20(2)3/h10-17,20,24H,9,18-19H2,1-8H3,(H,29,33)/t24-/m0/s1. The number of carbonyl (C=O) groups excluding carboxylic acids is 2. The second-order valence-electron chi connectivity index (χ2n) is 10.6. The van der Waals surface area contributed by atoms with Crippen LogP contribution in [0.1, 0.15) is 70.6 Å². The molecule has 0 heterocycles. The van der Waals surface area contributed by atoms with Gasteiger partial charge in [-0.3, -0.25) is 13.9 Å².